The van der Waals surface area contributed by atoms with Crippen molar-refractivity contribution >= 4 is 215 Å². The SMILES string of the molecule is BrB(Br)Br.COc1cc2ccc(Br)cc2nc1Cl.COc1cc2ccc(Br)cc2nc1N.N.Nc1nc2cc(Br)ccc2cc1O.O.O=C(Cl)CCl.O=C1COc2cc3ccc(Br)cc3nc2C1. The molecule has 14 nitrogen and oxygen atoms in total. The number of hydrogen-bond donors (Lipinski definition) is 4. The molecule has 0 radical (unpaired) electrons. The predicted octanol–water partition coefficient (Wildman–Crippen LogP) is 13.5. The van der Waals surface area contributed by atoms with Crippen molar-refractivity contribution in [3.63, 3.8) is 0 Å². The minimum Gasteiger partial charge on any atom is -0.504 e. The van der Waals surface area contributed by atoms with E-state index in [9.17, 15) is 14.7 Å². The Hall–Kier alpha value is -3.13. The molecule has 0 unspecified atom stereocenters. The third kappa shape index (κ3) is 19.2. The first kappa shape index (κ1) is 61.0. The van der Waals surface area contributed by atoms with Gasteiger partial charge in [0.1, 0.15) is 12.4 Å². The molecule has 360 valence electrons. The van der Waals surface area contributed by atoms with E-state index in [4.69, 9.17) is 60.5 Å². The number of ketones is 1. The smallest absolute Gasteiger partial charge is 0.369 e. The average molecular weight is 1440 g/mol. The lowest BCUT2D eigenvalue weighted by molar-refractivity contribution is -0.121. The lowest BCUT2D eigenvalue weighted by Crippen LogP contribution is -2.21. The number of ether oxygens (including phenoxy) is 3. The van der Waals surface area contributed by atoms with Gasteiger partial charge in [0, 0.05) is 39.4 Å². The number of alkyl halides is 1. The number of pyridine rings is 4. The lowest BCUT2D eigenvalue weighted by atomic mass is 10.1. The molecule has 0 saturated heterocycles. The highest BCUT2D eigenvalue weighted by Gasteiger charge is 2.19. The quantitative estimate of drug-likeness (QED) is 0.0556. The van der Waals surface area contributed by atoms with Crippen LogP contribution in [0.15, 0.2) is 115 Å². The number of anilines is 2. The predicted molar refractivity (Wildman–Crippen MR) is 303 cm³/mol. The third-order valence-electron chi connectivity index (χ3n) is 8.38. The van der Waals surface area contributed by atoms with Gasteiger partial charge in [0.25, 0.3) is 0 Å². The number of rotatable bonds is 3. The molecule has 1 aliphatic heterocycles. The minimum atomic E-state index is -0.508. The second-order valence-electron chi connectivity index (χ2n) is 13.0. The summed E-state index contributed by atoms with van der Waals surface area (Å²) in [5.74, 6) is 2.52. The highest BCUT2D eigenvalue weighted by Crippen LogP contribution is 2.30. The first-order chi connectivity index (χ1) is 31.3. The van der Waals surface area contributed by atoms with Crippen molar-refractivity contribution in [2.45, 2.75) is 6.42 Å². The topological polar surface area (TPSA) is 252 Å². The second kappa shape index (κ2) is 29.9. The summed E-state index contributed by atoms with van der Waals surface area (Å²) < 4.78 is 19.7. The van der Waals surface area contributed by atoms with Gasteiger partial charge in [0.2, 0.25) is 5.24 Å². The van der Waals surface area contributed by atoms with Crippen LogP contribution < -0.4 is 31.8 Å². The van der Waals surface area contributed by atoms with Crippen molar-refractivity contribution < 1.29 is 34.4 Å². The number of aromatic hydroxyl groups is 1. The third-order valence-corrected chi connectivity index (χ3v) is 11.1. The van der Waals surface area contributed by atoms with Crippen LogP contribution in [0.3, 0.4) is 0 Å². The zero-order valence-electron chi connectivity index (χ0n) is 35.4. The first-order valence-corrected chi connectivity index (χ1v) is 25.7. The van der Waals surface area contributed by atoms with Gasteiger partial charge in [-0.25, -0.2) is 19.9 Å². The Morgan fingerprint density at radius 3 is 1.51 bits per heavy atom. The van der Waals surface area contributed by atoms with Crippen LogP contribution in [0, 0.1) is 0 Å². The van der Waals surface area contributed by atoms with Gasteiger partial charge in [-0.2, -0.15) is 0 Å². The summed E-state index contributed by atoms with van der Waals surface area (Å²) >= 11 is 38.3. The van der Waals surface area contributed by atoms with E-state index < -0.39 is 5.24 Å². The average Bonchev–Trinajstić information content (AvgIpc) is 3.26. The fraction of sp³-hybridized carbons (Fsp3) is 0.116. The van der Waals surface area contributed by atoms with Gasteiger partial charge in [0.05, 0.1) is 54.3 Å². The molecule has 0 atom stereocenters. The van der Waals surface area contributed by atoms with Crippen LogP contribution in [0.1, 0.15) is 5.69 Å². The number of nitrogens with zero attached hydrogens (tertiary/aromatic N) is 4. The summed E-state index contributed by atoms with van der Waals surface area (Å²) in [5.41, 5.74) is 15.3. The van der Waals surface area contributed by atoms with E-state index in [1.165, 1.54) is 0 Å². The number of carbonyl (C=O) groups is 2. The van der Waals surface area contributed by atoms with E-state index in [0.29, 0.717) is 28.9 Å². The van der Waals surface area contributed by atoms with Crippen molar-refractivity contribution in [2.24, 2.45) is 0 Å². The molecule has 0 saturated carbocycles. The summed E-state index contributed by atoms with van der Waals surface area (Å²) in [6.07, 6.45) is 0.373. The van der Waals surface area contributed by atoms with Crippen LogP contribution in [0.25, 0.3) is 43.6 Å². The van der Waals surface area contributed by atoms with Crippen LogP contribution in [-0.2, 0) is 16.0 Å². The maximum atomic E-state index is 11.3. The Morgan fingerprint density at radius 2 is 1.07 bits per heavy atom. The number of Topliss-reactive ketones (excluding diaryl/α,β-unsaturated/α-hetero) is 1. The van der Waals surface area contributed by atoms with Gasteiger partial charge in [-0.3, -0.25) is 9.59 Å². The molecule has 68 heavy (non-hydrogen) atoms. The Kier molecular flexibility index (Phi) is 26.8. The fourth-order valence-electron chi connectivity index (χ4n) is 5.49. The van der Waals surface area contributed by atoms with E-state index in [1.54, 1.807) is 20.3 Å². The molecule has 10 N–H and O–H groups in total. The molecule has 0 amide bonds. The van der Waals surface area contributed by atoms with Crippen molar-refractivity contribution in [2.75, 3.05) is 38.2 Å². The molecule has 1 aliphatic rings. The van der Waals surface area contributed by atoms with E-state index in [-0.39, 0.29) is 44.6 Å². The second-order valence-corrected chi connectivity index (χ2v) is 24.1. The van der Waals surface area contributed by atoms with E-state index in [0.717, 1.165) is 72.9 Å². The molecule has 9 rings (SSSR count). The molecule has 25 heteroatoms. The molecule has 0 aliphatic carbocycles. The number of benzene rings is 4. The van der Waals surface area contributed by atoms with Crippen LogP contribution in [-0.4, -0.2) is 71.4 Å². The highest BCUT2D eigenvalue weighted by molar-refractivity contribution is 9.69. The van der Waals surface area contributed by atoms with Gasteiger partial charge in [-0.1, -0.05) is 99.6 Å². The zero-order chi connectivity index (χ0) is 48.7. The lowest BCUT2D eigenvalue weighted by Gasteiger charge is -2.16. The Morgan fingerprint density at radius 1 is 0.691 bits per heavy atom. The number of halogens is 10. The maximum absolute atomic E-state index is 11.3. The molecule has 0 fully saturated rings. The largest absolute Gasteiger partial charge is 0.504 e. The Balaban J connectivity index is 0.000000291. The molecule has 0 bridgehead atoms. The van der Waals surface area contributed by atoms with E-state index in [1.807, 2.05) is 91.0 Å². The van der Waals surface area contributed by atoms with Crippen LogP contribution in [0.4, 0.5) is 11.6 Å². The summed E-state index contributed by atoms with van der Waals surface area (Å²) in [4.78, 5) is 37.6. The molecule has 4 aromatic carbocycles. The van der Waals surface area contributed by atoms with Gasteiger partial charge in [0.15, 0.2) is 39.8 Å². The summed E-state index contributed by atoms with van der Waals surface area (Å²) in [7, 11) is 3.16. The van der Waals surface area contributed by atoms with Crippen LogP contribution >= 0.6 is 146 Å². The van der Waals surface area contributed by atoms with Gasteiger partial charge >= 0.3 is 3.18 Å². The molecule has 8 aromatic rings. The number of aromatic nitrogens is 4. The fourth-order valence-corrected chi connectivity index (χ4v) is 7.11. The van der Waals surface area contributed by atoms with Crippen molar-refractivity contribution in [3.05, 3.63) is 126 Å². The number of hydrogen-bond acceptors (Lipinski definition) is 13. The minimum absolute atomic E-state index is 0. The van der Waals surface area contributed by atoms with Crippen molar-refractivity contribution in [1.29, 1.82) is 0 Å². The standard InChI is InChI=1S/C12H8BrNO2.C10H7BrClNO.C10H9BrN2O.C9H7BrN2O.C2H2Cl2O.BBr3.H3N.H2O/c13-8-2-1-7-3-12-11(14-10(7)4-8)5-9(15)6-16-12;2*1-14-9-4-6-2-3-7(11)5-8(6)13-10(9)12;10-6-2-1-5-3-8(13)9(11)12-7(5)4-6;3-1-2(4)5;2-1(3)4;;/h1-4H,5-6H2;2-5H,1H3;2-5H,1H3,(H2,12,13);1-4,13H,(H2,11,12);1H2;;1H3;1H2. The zero-order valence-corrected chi connectivity index (χ0v) is 48.7. The molecular weight excluding hydrogens is 1400 g/mol. The molecule has 4 aromatic heterocycles. The van der Waals surface area contributed by atoms with Crippen LogP contribution in [0.2, 0.25) is 5.15 Å². The molecule has 5 heterocycles. The van der Waals surface area contributed by atoms with E-state index in [2.05, 4.69) is 131 Å². The number of nitrogen functional groups attached to an aromatic ring is 2. The normalized spacial score (nSPS) is 10.7. The Bertz CT molecular complexity index is 2920. The maximum Gasteiger partial charge on any atom is 0.369 e. The van der Waals surface area contributed by atoms with Crippen molar-refractivity contribution in [3.8, 4) is 23.0 Å². The molecular formula is C43H38BBr7Cl3N7O7. The van der Waals surface area contributed by atoms with Crippen molar-refractivity contribution in [1.82, 2.24) is 26.1 Å². The van der Waals surface area contributed by atoms with E-state index >= 15 is 0 Å². The van der Waals surface area contributed by atoms with Crippen LogP contribution in [0.5, 0.6) is 23.0 Å². The number of carbonyl (C=O) groups excluding carboxylic acids is 2. The molecule has 0 spiro atoms. The summed E-state index contributed by atoms with van der Waals surface area (Å²) in [6, 6.07) is 30.5. The van der Waals surface area contributed by atoms with Gasteiger partial charge < -0.3 is 42.4 Å². The van der Waals surface area contributed by atoms with Gasteiger partial charge in [-0.15, -0.1) is 58.9 Å². The first-order valence-electron chi connectivity index (χ1n) is 18.4. The Labute approximate surface area is 464 Å². The summed E-state index contributed by atoms with van der Waals surface area (Å²) in [6.45, 7) is 0.163. The monoisotopic (exact) mass is 1430 g/mol. The van der Waals surface area contributed by atoms with Gasteiger partial charge in [-0.05, 0) is 84.4 Å². The highest BCUT2D eigenvalue weighted by atomic mass is 79.9. The number of methoxy groups -OCH3 is 2. The number of nitrogens with two attached hydrogens (primary N) is 2. The summed E-state index contributed by atoms with van der Waals surface area (Å²) in [5, 5.41) is 13.1. The number of fused-ring (bicyclic) bond motifs is 5.